The molecule has 2 aromatic rings. The number of hydrogen-bond acceptors (Lipinski definition) is 4. The summed E-state index contributed by atoms with van der Waals surface area (Å²) in [5.74, 6) is -1.61. The number of rotatable bonds is 5. The lowest BCUT2D eigenvalue weighted by Gasteiger charge is -2.38. The number of unbranched alkanes of at least 4 members (excludes halogenated alkanes) is 1. The van der Waals surface area contributed by atoms with E-state index in [4.69, 9.17) is 0 Å². The van der Waals surface area contributed by atoms with Crippen molar-refractivity contribution in [3.8, 4) is 0 Å². The molecule has 4 atom stereocenters. The highest BCUT2D eigenvalue weighted by atomic mass is 16.2. The van der Waals surface area contributed by atoms with Crippen molar-refractivity contribution >= 4 is 28.9 Å². The van der Waals surface area contributed by atoms with Crippen LogP contribution in [0.3, 0.4) is 0 Å². The number of ketones is 1. The first-order chi connectivity index (χ1) is 15.4. The molecular weight excluding hydrogens is 400 g/mol. The zero-order valence-corrected chi connectivity index (χ0v) is 18.7. The zero-order valence-electron chi connectivity index (χ0n) is 18.7. The predicted molar refractivity (Wildman–Crippen MR) is 124 cm³/mol. The van der Waals surface area contributed by atoms with Gasteiger partial charge in [-0.15, -0.1) is 0 Å². The molecule has 3 aliphatic heterocycles. The Morgan fingerprint density at radius 1 is 0.938 bits per heavy atom. The molecule has 0 aliphatic carbocycles. The molecule has 32 heavy (non-hydrogen) atoms. The van der Waals surface area contributed by atoms with E-state index < -0.39 is 17.9 Å². The molecule has 3 heterocycles. The van der Waals surface area contributed by atoms with Crippen molar-refractivity contribution in [1.29, 1.82) is 0 Å². The second-order valence-electron chi connectivity index (χ2n) is 9.17. The molecule has 2 saturated heterocycles. The Morgan fingerprint density at radius 2 is 1.62 bits per heavy atom. The van der Waals surface area contributed by atoms with Crippen molar-refractivity contribution in [2.75, 3.05) is 11.4 Å². The largest absolute Gasteiger partial charge is 0.352 e. The molecule has 5 nitrogen and oxygen atoms in total. The molecule has 0 spiro atoms. The Hall–Kier alpha value is -3.21. The number of para-hydroxylation sites is 1. The molecule has 2 amide bonds. The third-order valence-corrected chi connectivity index (χ3v) is 7.19. The molecule has 2 fully saturated rings. The SMILES string of the molecule is CCCCN1C(=O)[C@@H]2[C@H](C1=O)[C@H](C(=O)c1ccc(C)cc1)N1c3ccccc3C(C)=C[C@@H]21. The standard InChI is InChI=1S/C27H28N2O3/c1-4-5-14-28-26(31)22-21-15-17(3)19-8-6-7-9-20(19)29(21)24(23(22)27(28)32)25(30)18-12-10-16(2)11-13-18/h6-13,15,21-24H,4-5,14H2,1-3H3/t21-,22-,23-,24+/m0/s1. The van der Waals surface area contributed by atoms with Crippen LogP contribution < -0.4 is 4.90 Å². The quantitative estimate of drug-likeness (QED) is 0.528. The Morgan fingerprint density at radius 3 is 2.34 bits per heavy atom. The smallest absolute Gasteiger partial charge is 0.235 e. The number of carbonyl (C=O) groups excluding carboxylic acids is 3. The van der Waals surface area contributed by atoms with Crippen molar-refractivity contribution in [1.82, 2.24) is 4.90 Å². The van der Waals surface area contributed by atoms with E-state index >= 15 is 0 Å². The Labute approximate surface area is 188 Å². The van der Waals surface area contributed by atoms with Gasteiger partial charge < -0.3 is 4.90 Å². The molecule has 0 N–H and O–H groups in total. The molecule has 3 aliphatic rings. The number of likely N-dealkylation sites (tertiary alicyclic amines) is 1. The second kappa shape index (κ2) is 7.73. The van der Waals surface area contributed by atoms with Gasteiger partial charge in [0.15, 0.2) is 5.78 Å². The van der Waals surface area contributed by atoms with Crippen LogP contribution in [0.15, 0.2) is 54.6 Å². The number of imide groups is 1. The number of aryl methyl sites for hydroxylation is 1. The molecule has 0 saturated carbocycles. The summed E-state index contributed by atoms with van der Waals surface area (Å²) >= 11 is 0. The summed E-state index contributed by atoms with van der Waals surface area (Å²) in [5, 5.41) is 0. The van der Waals surface area contributed by atoms with Crippen LogP contribution in [-0.2, 0) is 9.59 Å². The maximum Gasteiger partial charge on any atom is 0.235 e. The van der Waals surface area contributed by atoms with E-state index in [1.807, 2.05) is 74.2 Å². The number of hydrogen-bond donors (Lipinski definition) is 0. The highest BCUT2D eigenvalue weighted by Crippen LogP contribution is 2.50. The van der Waals surface area contributed by atoms with Crippen LogP contribution in [-0.4, -0.2) is 41.1 Å². The van der Waals surface area contributed by atoms with E-state index in [0.29, 0.717) is 12.1 Å². The van der Waals surface area contributed by atoms with Crippen molar-refractivity contribution in [3.63, 3.8) is 0 Å². The summed E-state index contributed by atoms with van der Waals surface area (Å²) in [6.45, 7) is 6.49. The third kappa shape index (κ3) is 2.94. The molecule has 2 aromatic carbocycles. The first-order valence-electron chi connectivity index (χ1n) is 11.5. The van der Waals surface area contributed by atoms with E-state index in [0.717, 1.165) is 35.2 Å². The lowest BCUT2D eigenvalue weighted by Crippen LogP contribution is -2.49. The number of anilines is 1. The summed E-state index contributed by atoms with van der Waals surface area (Å²) in [4.78, 5) is 44.3. The van der Waals surface area contributed by atoms with Gasteiger partial charge in [0.05, 0.1) is 17.9 Å². The van der Waals surface area contributed by atoms with E-state index in [2.05, 4.69) is 6.08 Å². The fourth-order valence-corrected chi connectivity index (χ4v) is 5.58. The van der Waals surface area contributed by atoms with Crippen LogP contribution >= 0.6 is 0 Å². The number of fused-ring (bicyclic) bond motifs is 5. The van der Waals surface area contributed by atoms with Gasteiger partial charge in [-0.2, -0.15) is 0 Å². The van der Waals surface area contributed by atoms with Gasteiger partial charge in [-0.25, -0.2) is 0 Å². The van der Waals surface area contributed by atoms with Crippen molar-refractivity contribution in [2.24, 2.45) is 11.8 Å². The molecule has 0 unspecified atom stereocenters. The van der Waals surface area contributed by atoms with Crippen LogP contribution in [0.4, 0.5) is 5.69 Å². The van der Waals surface area contributed by atoms with Gasteiger partial charge in [0.2, 0.25) is 11.8 Å². The Balaban J connectivity index is 1.64. The van der Waals surface area contributed by atoms with Gasteiger partial charge in [0.1, 0.15) is 6.04 Å². The monoisotopic (exact) mass is 428 g/mol. The van der Waals surface area contributed by atoms with E-state index in [9.17, 15) is 14.4 Å². The van der Waals surface area contributed by atoms with Crippen LogP contribution in [0, 0.1) is 18.8 Å². The summed E-state index contributed by atoms with van der Waals surface area (Å²) < 4.78 is 0. The van der Waals surface area contributed by atoms with Gasteiger partial charge in [-0.05, 0) is 31.9 Å². The van der Waals surface area contributed by atoms with Gasteiger partial charge in [-0.3, -0.25) is 19.3 Å². The Kier molecular flexibility index (Phi) is 5.00. The number of nitrogens with zero attached hydrogens (tertiary/aromatic N) is 2. The summed E-state index contributed by atoms with van der Waals surface area (Å²) in [7, 11) is 0. The molecule has 0 bridgehead atoms. The minimum atomic E-state index is -0.693. The summed E-state index contributed by atoms with van der Waals surface area (Å²) in [5.41, 5.74) is 4.71. The average molecular weight is 429 g/mol. The third-order valence-electron chi connectivity index (χ3n) is 7.19. The van der Waals surface area contributed by atoms with Crippen molar-refractivity contribution < 1.29 is 14.4 Å². The predicted octanol–water partition coefficient (Wildman–Crippen LogP) is 4.25. The van der Waals surface area contributed by atoms with Crippen molar-refractivity contribution in [3.05, 3.63) is 71.3 Å². The number of Topliss-reactive ketones (excluding diaryl/α,β-unsaturated/α-hetero) is 1. The average Bonchev–Trinajstić information content (AvgIpc) is 3.25. The Bertz CT molecular complexity index is 1130. The highest BCUT2D eigenvalue weighted by Gasteiger charge is 2.64. The lowest BCUT2D eigenvalue weighted by molar-refractivity contribution is -0.140. The maximum absolute atomic E-state index is 13.9. The molecule has 5 rings (SSSR count). The number of amides is 2. The van der Waals surface area contributed by atoms with E-state index in [1.165, 1.54) is 4.90 Å². The number of carbonyl (C=O) groups is 3. The topological polar surface area (TPSA) is 57.7 Å². The number of allylic oxidation sites excluding steroid dienone is 1. The van der Waals surface area contributed by atoms with Gasteiger partial charge >= 0.3 is 0 Å². The first-order valence-corrected chi connectivity index (χ1v) is 11.5. The summed E-state index contributed by atoms with van der Waals surface area (Å²) in [6.07, 6.45) is 3.76. The number of benzene rings is 2. The van der Waals surface area contributed by atoms with Crippen LogP contribution in [0.2, 0.25) is 0 Å². The zero-order chi connectivity index (χ0) is 22.6. The fraction of sp³-hybridized carbons (Fsp3) is 0.370. The minimum absolute atomic E-state index is 0.0938. The van der Waals surface area contributed by atoms with E-state index in [-0.39, 0.29) is 23.6 Å². The molecular formula is C27H28N2O3. The summed E-state index contributed by atoms with van der Waals surface area (Å²) in [6, 6.07) is 14.5. The fourth-order valence-electron chi connectivity index (χ4n) is 5.58. The van der Waals surface area contributed by atoms with E-state index in [1.54, 1.807) is 0 Å². The first kappa shape index (κ1) is 20.7. The highest BCUT2D eigenvalue weighted by molar-refractivity contribution is 6.14. The van der Waals surface area contributed by atoms with Crippen LogP contribution in [0.1, 0.15) is 48.2 Å². The van der Waals surface area contributed by atoms with Gasteiger partial charge in [0, 0.05) is 23.4 Å². The minimum Gasteiger partial charge on any atom is -0.352 e. The molecule has 5 heteroatoms. The molecule has 0 aromatic heterocycles. The van der Waals surface area contributed by atoms with Gasteiger partial charge in [-0.1, -0.05) is 67.4 Å². The van der Waals surface area contributed by atoms with Crippen LogP contribution in [0.5, 0.6) is 0 Å². The molecule has 0 radical (unpaired) electrons. The van der Waals surface area contributed by atoms with Crippen LogP contribution in [0.25, 0.3) is 5.57 Å². The lowest BCUT2D eigenvalue weighted by atomic mass is 9.85. The maximum atomic E-state index is 13.9. The normalized spacial score (nSPS) is 26.0. The van der Waals surface area contributed by atoms with Gasteiger partial charge in [0.25, 0.3) is 0 Å². The second-order valence-corrected chi connectivity index (χ2v) is 9.17. The van der Waals surface area contributed by atoms with Crippen molar-refractivity contribution in [2.45, 2.75) is 45.7 Å². The molecule has 164 valence electrons.